The minimum atomic E-state index is -0.0219. The summed E-state index contributed by atoms with van der Waals surface area (Å²) in [6, 6.07) is 0. The first-order valence-electron chi connectivity index (χ1n) is 6.45. The van der Waals surface area contributed by atoms with E-state index < -0.39 is 0 Å². The normalized spacial score (nSPS) is 11.5. The number of rotatable bonds is 5. The van der Waals surface area contributed by atoms with Gasteiger partial charge in [0, 0.05) is 12.1 Å². The van der Waals surface area contributed by atoms with Gasteiger partial charge in [-0.2, -0.15) is 0 Å². The number of carbonyl (C=O) groups is 1. The zero-order chi connectivity index (χ0) is 13.5. The molecule has 1 N–H and O–H groups in total. The second-order valence-corrected chi connectivity index (χ2v) is 3.52. The molecule has 0 aromatic rings. The van der Waals surface area contributed by atoms with Gasteiger partial charge in [-0.05, 0) is 26.3 Å². The van der Waals surface area contributed by atoms with Crippen molar-refractivity contribution in [3.63, 3.8) is 0 Å². The van der Waals surface area contributed by atoms with Crippen LogP contribution in [0.25, 0.3) is 0 Å². The second kappa shape index (κ2) is 14.7. The number of amides is 1. The molecule has 0 bridgehead atoms. The summed E-state index contributed by atoms with van der Waals surface area (Å²) in [4.78, 5) is 11.5. The first-order valence-corrected chi connectivity index (χ1v) is 6.45. The van der Waals surface area contributed by atoms with Crippen LogP contribution in [0.5, 0.6) is 0 Å². The maximum atomic E-state index is 11.5. The van der Waals surface area contributed by atoms with Gasteiger partial charge in [0.25, 0.3) is 5.91 Å². The maximum absolute atomic E-state index is 11.5. The summed E-state index contributed by atoms with van der Waals surface area (Å²) < 4.78 is 0. The van der Waals surface area contributed by atoms with Gasteiger partial charge in [-0.15, -0.1) is 0 Å². The third-order valence-corrected chi connectivity index (χ3v) is 1.59. The molecule has 2 nitrogen and oxygen atoms in total. The molecule has 0 aromatic heterocycles. The van der Waals surface area contributed by atoms with E-state index in [2.05, 4.69) is 26.1 Å². The van der Waals surface area contributed by atoms with Crippen LogP contribution in [0.2, 0.25) is 0 Å². The monoisotopic (exact) mass is 237 g/mol. The number of nitrogens with one attached hydrogen (secondary N) is 1. The number of hydrogen-bond acceptors (Lipinski definition) is 1. The van der Waals surface area contributed by atoms with E-state index in [1.54, 1.807) is 0 Å². The summed E-state index contributed by atoms with van der Waals surface area (Å²) >= 11 is 0. The van der Waals surface area contributed by atoms with Gasteiger partial charge >= 0.3 is 0 Å². The Labute approximate surface area is 106 Å². The number of likely N-dealkylation sites (N-methyl/N-ethyl adjacent to an activating group) is 1. The Morgan fingerprint density at radius 1 is 1.18 bits per heavy atom. The molecule has 0 unspecified atom stereocenters. The average molecular weight is 237 g/mol. The molecule has 0 fully saturated rings. The van der Waals surface area contributed by atoms with Gasteiger partial charge < -0.3 is 5.32 Å². The van der Waals surface area contributed by atoms with Crippen LogP contribution in [0, 0.1) is 0 Å². The molecular formula is C15H27NO. The molecule has 98 valence electrons. The quantitative estimate of drug-likeness (QED) is 0.568. The minimum absolute atomic E-state index is 0.0219. The van der Waals surface area contributed by atoms with Crippen molar-refractivity contribution < 1.29 is 4.79 Å². The molecule has 0 heterocycles. The van der Waals surface area contributed by atoms with Crippen LogP contribution in [0.1, 0.15) is 47.5 Å². The zero-order valence-corrected chi connectivity index (χ0v) is 11.9. The maximum Gasteiger partial charge on any atom is 0.251 e. The van der Waals surface area contributed by atoms with E-state index in [9.17, 15) is 4.79 Å². The highest BCUT2D eigenvalue weighted by Gasteiger charge is 2.01. The highest BCUT2D eigenvalue weighted by Crippen LogP contribution is 1.98. The van der Waals surface area contributed by atoms with E-state index in [1.807, 2.05) is 44.2 Å². The van der Waals surface area contributed by atoms with Crippen LogP contribution in [-0.4, -0.2) is 12.5 Å². The lowest BCUT2D eigenvalue weighted by Crippen LogP contribution is -2.23. The van der Waals surface area contributed by atoms with Crippen molar-refractivity contribution in [3.05, 3.63) is 36.0 Å². The van der Waals surface area contributed by atoms with Crippen LogP contribution in [0.15, 0.2) is 36.0 Å². The molecule has 0 spiro atoms. The number of allylic oxidation sites excluding steroid dienone is 4. The van der Waals surface area contributed by atoms with E-state index in [4.69, 9.17) is 0 Å². The van der Waals surface area contributed by atoms with E-state index in [-0.39, 0.29) is 5.91 Å². The van der Waals surface area contributed by atoms with Crippen molar-refractivity contribution in [3.8, 4) is 0 Å². The lowest BCUT2D eigenvalue weighted by atomic mass is 10.2. The summed E-state index contributed by atoms with van der Waals surface area (Å²) in [5, 5.41) is 2.76. The Bertz CT molecular complexity index is 262. The summed E-state index contributed by atoms with van der Waals surface area (Å²) in [5.74, 6) is -0.0219. The Kier molecular flexibility index (Phi) is 15.6. The molecular weight excluding hydrogens is 210 g/mol. The van der Waals surface area contributed by atoms with Crippen molar-refractivity contribution in [1.82, 2.24) is 5.32 Å². The highest BCUT2D eigenvalue weighted by molar-refractivity contribution is 5.96. The Morgan fingerprint density at radius 2 is 1.76 bits per heavy atom. The van der Waals surface area contributed by atoms with Crippen LogP contribution >= 0.6 is 0 Å². The van der Waals surface area contributed by atoms with Crippen molar-refractivity contribution in [2.24, 2.45) is 0 Å². The lowest BCUT2D eigenvalue weighted by molar-refractivity contribution is -0.117. The molecule has 0 aliphatic carbocycles. The van der Waals surface area contributed by atoms with Crippen LogP contribution in [0.3, 0.4) is 0 Å². The van der Waals surface area contributed by atoms with E-state index in [0.717, 1.165) is 6.42 Å². The molecule has 0 saturated carbocycles. The second-order valence-electron chi connectivity index (χ2n) is 3.52. The summed E-state index contributed by atoms with van der Waals surface area (Å²) in [7, 11) is 0. The van der Waals surface area contributed by atoms with Gasteiger partial charge in [0.2, 0.25) is 0 Å². The summed E-state index contributed by atoms with van der Waals surface area (Å²) in [5.41, 5.74) is 0.694. The predicted octanol–water partition coefficient (Wildman–Crippen LogP) is 4.01. The van der Waals surface area contributed by atoms with Crippen LogP contribution < -0.4 is 5.32 Å². The van der Waals surface area contributed by atoms with E-state index in [0.29, 0.717) is 12.1 Å². The van der Waals surface area contributed by atoms with Crippen molar-refractivity contribution in [2.45, 2.75) is 47.5 Å². The first-order chi connectivity index (χ1) is 8.17. The fourth-order valence-electron chi connectivity index (χ4n) is 0.957. The largest absolute Gasteiger partial charge is 0.352 e. The molecule has 0 saturated heterocycles. The molecule has 0 atom stereocenters. The Hall–Kier alpha value is -1.31. The van der Waals surface area contributed by atoms with E-state index in [1.165, 1.54) is 6.42 Å². The summed E-state index contributed by atoms with van der Waals surface area (Å²) in [6.07, 6.45) is 11.7. The smallest absolute Gasteiger partial charge is 0.251 e. The highest BCUT2D eigenvalue weighted by atomic mass is 16.1. The predicted molar refractivity (Wildman–Crippen MR) is 77.0 cm³/mol. The molecule has 0 aromatic carbocycles. The van der Waals surface area contributed by atoms with Crippen molar-refractivity contribution in [1.29, 1.82) is 0 Å². The lowest BCUT2D eigenvalue weighted by Gasteiger charge is -2.01. The van der Waals surface area contributed by atoms with Gasteiger partial charge in [-0.1, -0.05) is 51.5 Å². The van der Waals surface area contributed by atoms with Crippen LogP contribution in [0.4, 0.5) is 0 Å². The van der Waals surface area contributed by atoms with Gasteiger partial charge in [-0.3, -0.25) is 4.79 Å². The molecule has 1 amide bonds. The fourth-order valence-corrected chi connectivity index (χ4v) is 0.957. The Balaban J connectivity index is 0. The summed E-state index contributed by atoms with van der Waals surface area (Å²) in [6.45, 7) is 10.8. The topological polar surface area (TPSA) is 29.1 Å². The van der Waals surface area contributed by atoms with Gasteiger partial charge in [-0.25, -0.2) is 0 Å². The molecule has 0 radical (unpaired) electrons. The van der Waals surface area contributed by atoms with Crippen molar-refractivity contribution >= 4 is 5.91 Å². The molecule has 17 heavy (non-hydrogen) atoms. The van der Waals surface area contributed by atoms with Gasteiger partial charge in [0.1, 0.15) is 0 Å². The fraction of sp³-hybridized carbons (Fsp3) is 0.533. The Morgan fingerprint density at radius 3 is 2.18 bits per heavy atom. The number of carbonyl (C=O) groups excluding carboxylic acids is 1. The molecule has 0 rings (SSSR count). The third kappa shape index (κ3) is 12.6. The SMILES string of the molecule is CCC.C\C=C/C(=C\C=C\CC)C(=O)NCC. The standard InChI is InChI=1S/C12H19NO.C3H8/c1-4-7-8-10-11(9-5-2)12(14)13-6-3;1-3-2/h5,7-10H,4,6H2,1-3H3,(H,13,14);3H2,1-2H3/b8-7+,9-5-,11-10+;. The van der Waals surface area contributed by atoms with Gasteiger partial charge in [0.15, 0.2) is 0 Å². The first kappa shape index (κ1) is 18.1. The van der Waals surface area contributed by atoms with Crippen molar-refractivity contribution in [2.75, 3.05) is 6.54 Å². The third-order valence-electron chi connectivity index (χ3n) is 1.59. The number of hydrogen-bond donors (Lipinski definition) is 1. The molecule has 2 heteroatoms. The van der Waals surface area contributed by atoms with E-state index >= 15 is 0 Å². The van der Waals surface area contributed by atoms with Gasteiger partial charge in [0.05, 0.1) is 0 Å². The minimum Gasteiger partial charge on any atom is -0.352 e. The zero-order valence-electron chi connectivity index (χ0n) is 11.9. The van der Waals surface area contributed by atoms with Crippen LogP contribution in [-0.2, 0) is 4.79 Å². The molecule has 0 aliphatic heterocycles. The average Bonchev–Trinajstić information content (AvgIpc) is 2.29. The molecule has 0 aliphatic rings.